The maximum Gasteiger partial charge on any atom is 0.137 e. The van der Waals surface area contributed by atoms with Crippen LogP contribution >= 0.6 is 0 Å². The normalized spacial score (nSPS) is 19.4. The highest BCUT2D eigenvalue weighted by atomic mass is 16.3. The third-order valence-corrected chi connectivity index (χ3v) is 7.15. The average molecular weight is 443 g/mol. The Morgan fingerprint density at radius 1 is 1.09 bits per heavy atom. The highest BCUT2D eigenvalue weighted by molar-refractivity contribution is 5.67. The van der Waals surface area contributed by atoms with Crippen molar-refractivity contribution in [2.45, 2.75) is 64.1 Å². The van der Waals surface area contributed by atoms with E-state index in [2.05, 4.69) is 44.2 Å². The number of aromatic nitrogens is 5. The largest absolute Gasteiger partial charge is 0.389 e. The third-order valence-electron chi connectivity index (χ3n) is 7.15. The van der Waals surface area contributed by atoms with Crippen molar-refractivity contribution in [3.05, 3.63) is 55.1 Å². The molecule has 0 saturated heterocycles. The van der Waals surface area contributed by atoms with Crippen molar-refractivity contribution < 1.29 is 5.11 Å². The van der Waals surface area contributed by atoms with Gasteiger partial charge in [-0.3, -0.25) is 9.08 Å². The molecule has 2 saturated carbocycles. The number of fused-ring (bicyclic) bond motifs is 1. The van der Waals surface area contributed by atoms with Crippen LogP contribution in [0.5, 0.6) is 0 Å². The first-order chi connectivity index (χ1) is 15.9. The van der Waals surface area contributed by atoms with Crippen molar-refractivity contribution in [1.29, 1.82) is 0 Å². The van der Waals surface area contributed by atoms with Crippen LogP contribution in [0, 0.1) is 5.41 Å². The highest BCUT2D eigenvalue weighted by Gasteiger charge is 2.51. The molecule has 0 aromatic carbocycles. The zero-order chi connectivity index (χ0) is 22.6. The first-order valence-corrected chi connectivity index (χ1v) is 11.8. The van der Waals surface area contributed by atoms with E-state index < -0.39 is 5.60 Å². The summed E-state index contributed by atoms with van der Waals surface area (Å²) in [7, 11) is 0. The van der Waals surface area contributed by atoms with E-state index >= 15 is 0 Å². The summed E-state index contributed by atoms with van der Waals surface area (Å²) in [5.41, 5.74) is 4.51. The van der Waals surface area contributed by atoms with E-state index in [0.29, 0.717) is 18.0 Å². The van der Waals surface area contributed by atoms with Crippen LogP contribution in [0.1, 0.15) is 46.0 Å². The number of hydrogen-bond donors (Lipinski definition) is 2. The molecule has 4 aromatic heterocycles. The van der Waals surface area contributed by atoms with Crippen LogP contribution in [0.4, 0.5) is 5.82 Å². The molecule has 2 N–H and O–H groups in total. The lowest BCUT2D eigenvalue weighted by atomic mass is 10.0. The van der Waals surface area contributed by atoms with Crippen LogP contribution in [-0.4, -0.2) is 40.9 Å². The van der Waals surface area contributed by atoms with Crippen molar-refractivity contribution in [1.82, 2.24) is 24.1 Å². The van der Waals surface area contributed by atoms with Gasteiger partial charge in [0.2, 0.25) is 0 Å². The summed E-state index contributed by atoms with van der Waals surface area (Å²) in [5, 5.41) is 18.2. The second-order valence-corrected chi connectivity index (χ2v) is 10.4. The number of aliphatic hydroxyl groups is 1. The standard InChI is InChI=1S/C26H30N6O/c1-25(2,33)17-31-15-19(13-28-31)18-8-9-24-27-14-21(32(24)16-18)20-5-3-7-23(29-20)30-22-6-4-10-26(22)11-12-26/h3,5,7-9,13-16,22,33H,4,6,10-12,17H2,1-2H3,(H,29,30). The average Bonchev–Trinajstić information content (AvgIpc) is 3.09. The van der Waals surface area contributed by atoms with Gasteiger partial charge in [-0.25, -0.2) is 9.97 Å². The van der Waals surface area contributed by atoms with Gasteiger partial charge in [0.25, 0.3) is 0 Å². The van der Waals surface area contributed by atoms with E-state index in [9.17, 15) is 5.11 Å². The third kappa shape index (κ3) is 3.91. The number of anilines is 1. The van der Waals surface area contributed by atoms with Crippen LogP contribution < -0.4 is 5.32 Å². The first kappa shape index (κ1) is 20.4. The Labute approximate surface area is 193 Å². The molecule has 0 radical (unpaired) electrons. The van der Waals surface area contributed by atoms with Gasteiger partial charge in [-0.2, -0.15) is 5.10 Å². The van der Waals surface area contributed by atoms with Gasteiger partial charge >= 0.3 is 0 Å². The number of nitrogens with one attached hydrogen (secondary N) is 1. The van der Waals surface area contributed by atoms with E-state index in [1.165, 1.54) is 32.1 Å². The predicted molar refractivity (Wildman–Crippen MR) is 129 cm³/mol. The minimum absolute atomic E-state index is 0.442. The van der Waals surface area contributed by atoms with Gasteiger partial charge in [-0.05, 0) is 69.2 Å². The van der Waals surface area contributed by atoms with Crippen molar-refractivity contribution >= 4 is 11.5 Å². The van der Waals surface area contributed by atoms with E-state index in [1.807, 2.05) is 30.7 Å². The Bertz CT molecular complexity index is 1310. The molecular formula is C26H30N6O. The van der Waals surface area contributed by atoms with E-state index in [0.717, 1.165) is 34.0 Å². The fourth-order valence-corrected chi connectivity index (χ4v) is 5.30. The summed E-state index contributed by atoms with van der Waals surface area (Å²) in [6.45, 7) is 4.01. The molecule has 6 rings (SSSR count). The van der Waals surface area contributed by atoms with Gasteiger partial charge in [-0.15, -0.1) is 0 Å². The molecule has 1 unspecified atom stereocenters. The minimum atomic E-state index is -0.812. The lowest BCUT2D eigenvalue weighted by molar-refractivity contribution is 0.0577. The van der Waals surface area contributed by atoms with Crippen molar-refractivity contribution in [3.63, 3.8) is 0 Å². The van der Waals surface area contributed by atoms with Gasteiger partial charge in [0.1, 0.15) is 11.5 Å². The number of pyridine rings is 2. The fourth-order valence-electron chi connectivity index (χ4n) is 5.30. The van der Waals surface area contributed by atoms with Crippen molar-refractivity contribution in [3.8, 4) is 22.5 Å². The smallest absolute Gasteiger partial charge is 0.137 e. The molecule has 0 bridgehead atoms. The predicted octanol–water partition coefficient (Wildman–Crippen LogP) is 4.78. The molecule has 0 aliphatic heterocycles. The van der Waals surface area contributed by atoms with Crippen LogP contribution in [-0.2, 0) is 6.54 Å². The lowest BCUT2D eigenvalue weighted by Gasteiger charge is -2.20. The summed E-state index contributed by atoms with van der Waals surface area (Å²) in [4.78, 5) is 9.55. The number of imidazole rings is 1. The zero-order valence-electron chi connectivity index (χ0n) is 19.2. The van der Waals surface area contributed by atoms with Crippen molar-refractivity contribution in [2.24, 2.45) is 5.41 Å². The molecule has 2 fully saturated rings. The molecule has 33 heavy (non-hydrogen) atoms. The first-order valence-electron chi connectivity index (χ1n) is 11.8. The van der Waals surface area contributed by atoms with E-state index in [1.54, 1.807) is 18.5 Å². The SMILES string of the molecule is CC(C)(O)Cn1cc(-c2ccc3ncc(-c4cccc(NC5CCCC56CC6)n4)n3c2)cn1. The Hall–Kier alpha value is -3.19. The molecule has 1 atom stereocenters. The quantitative estimate of drug-likeness (QED) is 0.449. The maximum absolute atomic E-state index is 10.1. The van der Waals surface area contributed by atoms with Gasteiger partial charge in [0, 0.05) is 29.6 Å². The molecular weight excluding hydrogens is 412 g/mol. The molecule has 7 heteroatoms. The molecule has 4 heterocycles. The summed E-state index contributed by atoms with van der Waals surface area (Å²) < 4.78 is 3.87. The monoisotopic (exact) mass is 442 g/mol. The molecule has 170 valence electrons. The number of nitrogens with zero attached hydrogens (tertiary/aromatic N) is 5. The summed E-state index contributed by atoms with van der Waals surface area (Å²) in [6, 6.07) is 10.8. The molecule has 1 spiro atoms. The summed E-state index contributed by atoms with van der Waals surface area (Å²) in [6.07, 6.45) is 14.4. The number of rotatable bonds is 6. The van der Waals surface area contributed by atoms with Gasteiger partial charge < -0.3 is 10.4 Å². The van der Waals surface area contributed by atoms with E-state index in [4.69, 9.17) is 4.98 Å². The molecule has 4 aromatic rings. The van der Waals surface area contributed by atoms with Gasteiger partial charge in [0.05, 0.1) is 35.9 Å². The molecule has 7 nitrogen and oxygen atoms in total. The Morgan fingerprint density at radius 2 is 1.97 bits per heavy atom. The van der Waals surface area contributed by atoms with E-state index in [-0.39, 0.29) is 0 Å². The molecule has 2 aliphatic rings. The zero-order valence-corrected chi connectivity index (χ0v) is 19.2. The van der Waals surface area contributed by atoms with Gasteiger partial charge in [0.15, 0.2) is 0 Å². The highest BCUT2D eigenvalue weighted by Crippen LogP contribution is 2.58. The number of hydrogen-bond acceptors (Lipinski definition) is 5. The van der Waals surface area contributed by atoms with Crippen LogP contribution in [0.15, 0.2) is 55.1 Å². The fraction of sp³-hybridized carbons (Fsp3) is 0.423. The van der Waals surface area contributed by atoms with Crippen molar-refractivity contribution in [2.75, 3.05) is 5.32 Å². The van der Waals surface area contributed by atoms with Crippen LogP contribution in [0.2, 0.25) is 0 Å². The Kier molecular flexibility index (Phi) is 4.59. The Morgan fingerprint density at radius 3 is 2.79 bits per heavy atom. The second-order valence-electron chi connectivity index (χ2n) is 10.4. The molecule has 2 aliphatic carbocycles. The summed E-state index contributed by atoms with van der Waals surface area (Å²) >= 11 is 0. The Balaban J connectivity index is 1.30. The minimum Gasteiger partial charge on any atom is -0.389 e. The van der Waals surface area contributed by atoms with Crippen LogP contribution in [0.25, 0.3) is 28.2 Å². The topological polar surface area (TPSA) is 80.3 Å². The molecule has 0 amide bonds. The summed E-state index contributed by atoms with van der Waals surface area (Å²) in [5.74, 6) is 0.949. The van der Waals surface area contributed by atoms with Crippen LogP contribution in [0.3, 0.4) is 0 Å². The lowest BCUT2D eigenvalue weighted by Crippen LogP contribution is -2.26. The van der Waals surface area contributed by atoms with Gasteiger partial charge in [-0.1, -0.05) is 12.5 Å². The maximum atomic E-state index is 10.1. The second kappa shape index (κ2) is 7.42.